The third-order valence-electron chi connectivity index (χ3n) is 2.71. The minimum Gasteiger partial charge on any atom is -0.337 e. The minimum absolute atomic E-state index is 0.536. The molecular formula is C13H37N3P2Si2. The summed E-state index contributed by atoms with van der Waals surface area (Å²) >= 11 is 0. The molecule has 0 N–H and O–H groups in total. The van der Waals surface area contributed by atoms with Gasteiger partial charge in [-0.2, -0.15) is 0 Å². The van der Waals surface area contributed by atoms with E-state index in [4.69, 9.17) is 8.82 Å². The highest BCUT2D eigenvalue weighted by Gasteiger charge is 2.34. The van der Waals surface area contributed by atoms with Crippen molar-refractivity contribution < 1.29 is 0 Å². The normalized spacial score (nSPS) is 14.9. The van der Waals surface area contributed by atoms with Gasteiger partial charge in [-0.25, -0.2) is 0 Å². The van der Waals surface area contributed by atoms with E-state index in [0.29, 0.717) is 5.52 Å². The lowest BCUT2D eigenvalue weighted by Crippen LogP contribution is -2.30. The van der Waals surface area contributed by atoms with Gasteiger partial charge >= 0.3 is 0 Å². The molecule has 0 aromatic carbocycles. The SMILES string of the molecule is CN(C)C(P(C)(C)=N[Si](C)(C)C)P(C)(C)=N[Si](C)(C)C. The lowest BCUT2D eigenvalue weighted by atomic mass is 11.0. The lowest BCUT2D eigenvalue weighted by molar-refractivity contribution is 0.448. The van der Waals surface area contributed by atoms with Crippen LogP contribution in [0.15, 0.2) is 8.82 Å². The van der Waals surface area contributed by atoms with E-state index < -0.39 is 30.6 Å². The summed E-state index contributed by atoms with van der Waals surface area (Å²) in [5.41, 5.74) is 0.536. The van der Waals surface area contributed by atoms with Crippen LogP contribution >= 0.6 is 14.1 Å². The van der Waals surface area contributed by atoms with Crippen molar-refractivity contribution in [2.24, 2.45) is 8.82 Å². The number of hydrogen-bond acceptors (Lipinski definition) is 3. The zero-order valence-corrected chi connectivity index (χ0v) is 19.6. The lowest BCUT2D eigenvalue weighted by Gasteiger charge is -2.41. The molecule has 0 spiro atoms. The molecule has 0 saturated carbocycles. The molecule has 20 heavy (non-hydrogen) atoms. The fourth-order valence-electron chi connectivity index (χ4n) is 3.47. The zero-order valence-electron chi connectivity index (χ0n) is 15.8. The van der Waals surface area contributed by atoms with E-state index >= 15 is 0 Å². The second-order valence-corrected chi connectivity index (χ2v) is 26.4. The van der Waals surface area contributed by atoms with E-state index in [-0.39, 0.29) is 0 Å². The van der Waals surface area contributed by atoms with Crippen LogP contribution < -0.4 is 0 Å². The van der Waals surface area contributed by atoms with Gasteiger partial charge in [-0.05, 0) is 54.9 Å². The summed E-state index contributed by atoms with van der Waals surface area (Å²) in [4.78, 5) is 2.41. The van der Waals surface area contributed by atoms with Crippen LogP contribution in [0.1, 0.15) is 0 Å². The molecule has 7 heteroatoms. The van der Waals surface area contributed by atoms with Gasteiger partial charge in [0.25, 0.3) is 0 Å². The van der Waals surface area contributed by atoms with Crippen LogP contribution in [0, 0.1) is 0 Å². The highest BCUT2D eigenvalue weighted by atomic mass is 31.2. The molecule has 0 unspecified atom stereocenters. The Bertz CT molecular complexity index is 396. The van der Waals surface area contributed by atoms with Gasteiger partial charge in [0.1, 0.15) is 0 Å². The quantitative estimate of drug-likeness (QED) is 0.479. The highest BCUT2D eigenvalue weighted by Crippen LogP contribution is 2.66. The van der Waals surface area contributed by atoms with Crippen LogP contribution in [-0.4, -0.2) is 67.6 Å². The van der Waals surface area contributed by atoms with Gasteiger partial charge in [-0.15, -0.1) is 0 Å². The van der Waals surface area contributed by atoms with Crippen molar-refractivity contribution >= 4 is 30.6 Å². The Kier molecular flexibility index (Phi) is 6.82. The van der Waals surface area contributed by atoms with Crippen LogP contribution in [0.4, 0.5) is 0 Å². The van der Waals surface area contributed by atoms with Crippen LogP contribution in [0.5, 0.6) is 0 Å². The summed E-state index contributed by atoms with van der Waals surface area (Å²) in [6.45, 7) is 23.8. The molecule has 122 valence electrons. The number of nitrogens with zero attached hydrogens (tertiary/aromatic N) is 3. The van der Waals surface area contributed by atoms with Gasteiger partial charge in [-0.3, -0.25) is 4.90 Å². The molecule has 0 heterocycles. The first kappa shape index (κ1) is 20.9. The van der Waals surface area contributed by atoms with Crippen LogP contribution in [-0.2, 0) is 0 Å². The van der Waals surface area contributed by atoms with Crippen molar-refractivity contribution in [2.75, 3.05) is 40.8 Å². The third-order valence-corrected chi connectivity index (χ3v) is 18.2. The van der Waals surface area contributed by atoms with Gasteiger partial charge < -0.3 is 8.82 Å². The Morgan fingerprint density at radius 1 is 0.700 bits per heavy atom. The van der Waals surface area contributed by atoms with Gasteiger partial charge in [-0.1, -0.05) is 39.3 Å². The first-order valence-electron chi connectivity index (χ1n) is 7.31. The van der Waals surface area contributed by atoms with E-state index in [1.54, 1.807) is 0 Å². The standard InChI is InChI=1S/C13H37N3P2Si2/c1-16(2)13(17(3,4)14-19(7,8)9)18(5,6)15-20(10,11)12/h13H,1-12H3. The van der Waals surface area contributed by atoms with Crippen molar-refractivity contribution in [3.05, 3.63) is 0 Å². The van der Waals surface area contributed by atoms with Gasteiger partial charge in [0.2, 0.25) is 0 Å². The molecule has 0 bridgehead atoms. The smallest absolute Gasteiger partial charge is 0.170 e. The molecule has 0 aliphatic carbocycles. The fourth-order valence-corrected chi connectivity index (χ4v) is 25.4. The van der Waals surface area contributed by atoms with E-state index in [1.165, 1.54) is 0 Å². The Hall–Kier alpha value is 0.854. The molecule has 0 aromatic rings. The maximum absolute atomic E-state index is 5.35. The fraction of sp³-hybridized carbons (Fsp3) is 1.00. The summed E-state index contributed by atoms with van der Waals surface area (Å²) < 4.78 is 10.7. The molecule has 0 amide bonds. The molecule has 0 aliphatic heterocycles. The number of hydrogen-bond donors (Lipinski definition) is 0. The third kappa shape index (κ3) is 7.22. The molecule has 0 atom stereocenters. The van der Waals surface area contributed by atoms with Crippen LogP contribution in [0.3, 0.4) is 0 Å². The average Bonchev–Trinajstić information content (AvgIpc) is 1.87. The minimum atomic E-state index is -1.40. The maximum Gasteiger partial charge on any atom is 0.170 e. The Morgan fingerprint density at radius 3 is 1.10 bits per heavy atom. The number of rotatable bonds is 5. The first-order valence-corrected chi connectivity index (χ1v) is 19.6. The monoisotopic (exact) mass is 353 g/mol. The van der Waals surface area contributed by atoms with E-state index in [2.05, 4.69) is 84.9 Å². The maximum atomic E-state index is 5.35. The van der Waals surface area contributed by atoms with Crippen molar-refractivity contribution in [3.63, 3.8) is 0 Å². The van der Waals surface area contributed by atoms with Crippen molar-refractivity contribution in [1.82, 2.24) is 4.90 Å². The largest absolute Gasteiger partial charge is 0.337 e. The molecule has 0 radical (unpaired) electrons. The molecule has 3 nitrogen and oxygen atoms in total. The molecule has 0 aliphatic rings. The molecule has 0 saturated heterocycles. The summed E-state index contributed by atoms with van der Waals surface area (Å²) in [6, 6.07) is 0. The summed E-state index contributed by atoms with van der Waals surface area (Å²) in [5.74, 6) is 0. The second kappa shape index (κ2) is 6.54. The van der Waals surface area contributed by atoms with E-state index in [0.717, 1.165) is 0 Å². The predicted molar refractivity (Wildman–Crippen MR) is 107 cm³/mol. The topological polar surface area (TPSA) is 28.0 Å². The summed E-state index contributed by atoms with van der Waals surface area (Å²) in [7, 11) is -1.07. The van der Waals surface area contributed by atoms with Crippen molar-refractivity contribution in [1.29, 1.82) is 0 Å². The molecular weight excluding hydrogens is 316 g/mol. The molecule has 0 fully saturated rings. The van der Waals surface area contributed by atoms with Gasteiger partial charge in [0.05, 0.1) is 5.52 Å². The molecule has 0 aromatic heterocycles. The van der Waals surface area contributed by atoms with Crippen molar-refractivity contribution in [2.45, 2.75) is 44.8 Å². The Balaban J connectivity index is 6.08. The highest BCUT2D eigenvalue weighted by molar-refractivity contribution is 7.83. The molecule has 0 rings (SSSR count). The summed E-state index contributed by atoms with van der Waals surface area (Å²) in [6.07, 6.45) is 0. The second-order valence-electron chi connectivity index (χ2n) is 8.81. The van der Waals surface area contributed by atoms with E-state index in [1.807, 2.05) is 0 Å². The predicted octanol–water partition coefficient (Wildman–Crippen LogP) is 5.42. The first-order chi connectivity index (χ1) is 8.48. The zero-order chi connectivity index (χ0) is 16.6. The Morgan fingerprint density at radius 2 is 0.950 bits per heavy atom. The summed E-state index contributed by atoms with van der Waals surface area (Å²) in [5, 5.41) is 0. The van der Waals surface area contributed by atoms with Crippen LogP contribution in [0.25, 0.3) is 0 Å². The van der Waals surface area contributed by atoms with E-state index in [9.17, 15) is 0 Å². The van der Waals surface area contributed by atoms with Gasteiger partial charge in [0, 0.05) is 0 Å². The Labute approximate surface area is 130 Å². The van der Waals surface area contributed by atoms with Gasteiger partial charge in [0.15, 0.2) is 16.5 Å². The van der Waals surface area contributed by atoms with Crippen molar-refractivity contribution in [3.8, 4) is 0 Å². The van der Waals surface area contributed by atoms with Crippen LogP contribution in [0.2, 0.25) is 39.3 Å². The average molecular weight is 354 g/mol.